The molecule has 0 saturated carbocycles. The van der Waals surface area contributed by atoms with Crippen LogP contribution < -0.4 is 35.0 Å². The van der Waals surface area contributed by atoms with Crippen LogP contribution in [0.3, 0.4) is 0 Å². The van der Waals surface area contributed by atoms with Gasteiger partial charge in [-0.05, 0) is 55.3 Å². The molecule has 2 aromatic rings. The Bertz CT molecular complexity index is 1390. The van der Waals surface area contributed by atoms with E-state index in [1.807, 2.05) is 0 Å². The highest BCUT2D eigenvalue weighted by molar-refractivity contribution is 5.95. The molecule has 0 unspecified atom stereocenters. The Kier molecular flexibility index (Phi) is 11.1. The fourth-order valence-corrected chi connectivity index (χ4v) is 3.84. The molecule has 0 spiro atoms. The van der Waals surface area contributed by atoms with Crippen LogP contribution in [-0.2, 0) is 23.9 Å². The van der Waals surface area contributed by atoms with Crippen LogP contribution in [0.15, 0.2) is 52.8 Å². The summed E-state index contributed by atoms with van der Waals surface area (Å²) in [5.41, 5.74) is 4.13. The molecular weight excluding hydrogens is 552 g/mol. The molecule has 0 saturated heterocycles. The van der Waals surface area contributed by atoms with Gasteiger partial charge in [-0.25, -0.2) is 19.8 Å². The number of ether oxygens (including phenoxy) is 6. The molecule has 3 rings (SSSR count). The van der Waals surface area contributed by atoms with Crippen molar-refractivity contribution in [3.63, 3.8) is 0 Å². The number of urea groups is 1. The van der Waals surface area contributed by atoms with E-state index < -0.39 is 29.9 Å². The van der Waals surface area contributed by atoms with E-state index in [9.17, 15) is 19.2 Å². The zero-order chi connectivity index (χ0) is 30.6. The third-order valence-corrected chi connectivity index (χ3v) is 5.81. The van der Waals surface area contributed by atoms with E-state index in [0.717, 1.165) is 0 Å². The van der Waals surface area contributed by atoms with Crippen LogP contribution in [0.5, 0.6) is 23.0 Å². The van der Waals surface area contributed by atoms with Gasteiger partial charge in [-0.15, -0.1) is 0 Å². The first-order valence-electron chi connectivity index (χ1n) is 12.7. The molecule has 0 radical (unpaired) electrons. The van der Waals surface area contributed by atoms with E-state index >= 15 is 0 Å². The number of nitrogens with zero attached hydrogens (tertiary/aromatic N) is 1. The third kappa shape index (κ3) is 8.13. The maximum absolute atomic E-state index is 12.6. The lowest BCUT2D eigenvalue weighted by atomic mass is 9.95. The number of hydrogen-bond acceptors (Lipinski definition) is 11. The Morgan fingerprint density at radius 1 is 0.952 bits per heavy atom. The SMILES string of the molecule is CCOC(=O)C1=C(C)NC(=O)N[C@@H]1c1ccc(OCC(=O)N/N=C\c2ccc(OCC(=O)OC)c(OC)c2)c(OC)c1. The van der Waals surface area contributed by atoms with E-state index in [1.165, 1.54) is 27.5 Å². The highest BCUT2D eigenvalue weighted by Gasteiger charge is 2.32. The number of hydrazone groups is 1. The number of carbonyl (C=O) groups excluding carboxylic acids is 4. The topological polar surface area (TPSA) is 172 Å². The van der Waals surface area contributed by atoms with Crippen molar-refractivity contribution < 1.29 is 47.6 Å². The lowest BCUT2D eigenvalue weighted by Crippen LogP contribution is -2.45. The Morgan fingerprint density at radius 3 is 2.29 bits per heavy atom. The summed E-state index contributed by atoms with van der Waals surface area (Å²) < 4.78 is 31.4. The van der Waals surface area contributed by atoms with Gasteiger partial charge in [0.05, 0.1) is 45.8 Å². The van der Waals surface area contributed by atoms with Crippen LogP contribution in [0.2, 0.25) is 0 Å². The number of nitrogens with one attached hydrogen (secondary N) is 3. The number of carbonyl (C=O) groups is 4. The summed E-state index contributed by atoms with van der Waals surface area (Å²) in [6, 6.07) is 8.40. The van der Waals surface area contributed by atoms with Crippen molar-refractivity contribution in [2.75, 3.05) is 41.2 Å². The molecule has 0 aromatic heterocycles. The van der Waals surface area contributed by atoms with Crippen molar-refractivity contribution in [1.29, 1.82) is 0 Å². The van der Waals surface area contributed by atoms with Crippen LogP contribution in [0.4, 0.5) is 4.79 Å². The van der Waals surface area contributed by atoms with Gasteiger partial charge >= 0.3 is 18.0 Å². The van der Waals surface area contributed by atoms with Gasteiger partial charge in [0.25, 0.3) is 5.91 Å². The van der Waals surface area contributed by atoms with Gasteiger partial charge in [-0.1, -0.05) is 6.07 Å². The molecule has 14 nitrogen and oxygen atoms in total. The average molecular weight is 585 g/mol. The predicted octanol–water partition coefficient (Wildman–Crippen LogP) is 1.98. The van der Waals surface area contributed by atoms with Crippen LogP contribution >= 0.6 is 0 Å². The number of amides is 3. The second kappa shape index (κ2) is 14.9. The molecule has 1 aliphatic heterocycles. The summed E-state index contributed by atoms with van der Waals surface area (Å²) in [6.07, 6.45) is 1.39. The lowest BCUT2D eigenvalue weighted by molar-refractivity contribution is -0.143. The normalized spacial score (nSPS) is 14.4. The molecule has 3 amide bonds. The largest absolute Gasteiger partial charge is 0.493 e. The van der Waals surface area contributed by atoms with E-state index in [4.69, 9.17) is 23.7 Å². The van der Waals surface area contributed by atoms with Crippen LogP contribution in [-0.4, -0.2) is 71.2 Å². The van der Waals surface area contributed by atoms with Gasteiger partial charge in [0.15, 0.2) is 36.2 Å². The first-order chi connectivity index (χ1) is 20.2. The Hall–Kier alpha value is -5.27. The molecule has 1 heterocycles. The molecule has 224 valence electrons. The lowest BCUT2D eigenvalue weighted by Gasteiger charge is -2.28. The van der Waals surface area contributed by atoms with Crippen molar-refractivity contribution in [1.82, 2.24) is 16.1 Å². The molecule has 42 heavy (non-hydrogen) atoms. The monoisotopic (exact) mass is 584 g/mol. The molecule has 3 N–H and O–H groups in total. The van der Waals surface area contributed by atoms with Crippen LogP contribution in [0.25, 0.3) is 0 Å². The maximum atomic E-state index is 12.6. The summed E-state index contributed by atoms with van der Waals surface area (Å²) in [5.74, 6) is -0.418. The minimum Gasteiger partial charge on any atom is -0.493 e. The fourth-order valence-electron chi connectivity index (χ4n) is 3.84. The first-order valence-corrected chi connectivity index (χ1v) is 12.7. The predicted molar refractivity (Wildman–Crippen MR) is 148 cm³/mol. The van der Waals surface area contributed by atoms with E-state index in [-0.39, 0.29) is 36.9 Å². The highest BCUT2D eigenvalue weighted by Crippen LogP contribution is 2.34. The van der Waals surface area contributed by atoms with Crippen molar-refractivity contribution in [3.05, 3.63) is 58.8 Å². The molecule has 2 aromatic carbocycles. The molecule has 1 aliphatic rings. The molecule has 14 heteroatoms. The van der Waals surface area contributed by atoms with E-state index in [0.29, 0.717) is 28.3 Å². The van der Waals surface area contributed by atoms with Crippen molar-refractivity contribution in [2.24, 2.45) is 5.10 Å². The molecular formula is C28H32N4O10. The fraction of sp³-hybridized carbons (Fsp3) is 0.321. The number of rotatable bonds is 13. The van der Waals surface area contributed by atoms with E-state index in [1.54, 1.807) is 50.2 Å². The highest BCUT2D eigenvalue weighted by atomic mass is 16.6. The van der Waals surface area contributed by atoms with Crippen LogP contribution in [0, 0.1) is 0 Å². The van der Waals surface area contributed by atoms with Gasteiger partial charge in [0, 0.05) is 5.70 Å². The number of allylic oxidation sites excluding steroid dienone is 1. The Labute approximate surface area is 241 Å². The molecule has 0 fully saturated rings. The second-order valence-corrected chi connectivity index (χ2v) is 8.56. The zero-order valence-electron chi connectivity index (χ0n) is 23.8. The number of hydrogen-bond donors (Lipinski definition) is 3. The molecule has 1 atom stereocenters. The summed E-state index contributed by atoms with van der Waals surface area (Å²) >= 11 is 0. The Morgan fingerprint density at radius 2 is 1.62 bits per heavy atom. The van der Waals surface area contributed by atoms with Crippen molar-refractivity contribution >= 4 is 30.1 Å². The average Bonchev–Trinajstić information content (AvgIpc) is 2.98. The smallest absolute Gasteiger partial charge is 0.343 e. The zero-order valence-corrected chi connectivity index (χ0v) is 23.8. The van der Waals surface area contributed by atoms with Gasteiger partial charge in [0.2, 0.25) is 0 Å². The number of esters is 2. The van der Waals surface area contributed by atoms with Gasteiger partial charge < -0.3 is 39.1 Å². The minimum absolute atomic E-state index is 0.173. The van der Waals surface area contributed by atoms with Gasteiger partial charge in [-0.2, -0.15) is 5.10 Å². The van der Waals surface area contributed by atoms with Gasteiger partial charge in [0.1, 0.15) is 0 Å². The van der Waals surface area contributed by atoms with E-state index in [2.05, 4.69) is 25.9 Å². The Balaban J connectivity index is 1.63. The number of methoxy groups -OCH3 is 3. The van der Waals surface area contributed by atoms with Crippen LogP contribution in [0.1, 0.15) is 31.0 Å². The number of benzene rings is 2. The maximum Gasteiger partial charge on any atom is 0.343 e. The quantitative estimate of drug-likeness (QED) is 0.180. The van der Waals surface area contributed by atoms with Crippen molar-refractivity contribution in [2.45, 2.75) is 19.9 Å². The third-order valence-electron chi connectivity index (χ3n) is 5.81. The summed E-state index contributed by atoms with van der Waals surface area (Å²) in [7, 11) is 4.12. The molecule has 0 bridgehead atoms. The second-order valence-electron chi connectivity index (χ2n) is 8.56. The summed E-state index contributed by atoms with van der Waals surface area (Å²) in [5, 5.41) is 9.21. The standard InChI is InChI=1S/C28H32N4O10/c1-6-40-27(35)25-16(2)30-28(36)31-26(25)18-8-10-20(22(12-18)38-4)41-14-23(33)32-29-13-17-7-9-19(21(11-17)37-3)42-15-24(34)39-5/h7-13,26H,6,14-15H2,1-5H3,(H,32,33)(H2,30,31,36)/b29-13-/t26-/m1/s1. The van der Waals surface area contributed by atoms with Crippen molar-refractivity contribution in [3.8, 4) is 23.0 Å². The summed E-state index contributed by atoms with van der Waals surface area (Å²) in [4.78, 5) is 48.3. The van der Waals surface area contributed by atoms with Gasteiger partial charge in [-0.3, -0.25) is 4.79 Å². The minimum atomic E-state index is -0.787. The molecule has 0 aliphatic carbocycles. The summed E-state index contributed by atoms with van der Waals surface area (Å²) in [6.45, 7) is 2.82. The first kappa shape index (κ1) is 31.3.